The lowest BCUT2D eigenvalue weighted by Crippen LogP contribution is -2.07. The number of hydrogen-bond acceptors (Lipinski definition) is 1. The molecule has 0 saturated carbocycles. The fourth-order valence-corrected chi connectivity index (χ4v) is 5.89. The van der Waals surface area contributed by atoms with Gasteiger partial charge in [0.15, 0.2) is 14.5 Å². The summed E-state index contributed by atoms with van der Waals surface area (Å²) in [5.41, 5.74) is 1.48. The molecule has 4 rings (SSSR count). The third-order valence-electron chi connectivity index (χ3n) is 4.33. The maximum Gasteiger partial charge on any atom is 0.187 e. The van der Waals surface area contributed by atoms with Crippen LogP contribution in [0.15, 0.2) is 48.6 Å². The molecule has 0 fully saturated rings. The van der Waals surface area contributed by atoms with Gasteiger partial charge in [-0.2, -0.15) is 0 Å². The third-order valence-corrected chi connectivity index (χ3v) is 6.82. The first-order chi connectivity index (χ1) is 10.4. The molecule has 0 bridgehead atoms. The average molecular weight is 295 g/mol. The van der Waals surface area contributed by atoms with Crippen molar-refractivity contribution in [3.8, 4) is 0 Å². The van der Waals surface area contributed by atoms with Crippen LogP contribution < -0.4 is 0 Å². The predicted octanol–water partition coefficient (Wildman–Crippen LogP) is 5.36. The fraction of sp³-hybridized carbons (Fsp3) is 0.263. The average Bonchev–Trinajstić information content (AvgIpc) is 2.90. The van der Waals surface area contributed by atoms with Crippen LogP contribution in [0, 0.1) is 0 Å². The van der Waals surface area contributed by atoms with Gasteiger partial charge in [0.25, 0.3) is 0 Å². The number of fused-ring (bicyclic) bond motifs is 3. The van der Waals surface area contributed by atoms with Gasteiger partial charge in [-0.1, -0.05) is 30.4 Å². The third kappa shape index (κ3) is 2.10. The second kappa shape index (κ2) is 5.28. The standard InChI is InChI=1S/C19H19OS/c1-20-14-10-12-15(13-11-14)21-18-8-4-2-6-16(18)17-7-3-5-9-19(17)21/h2-4,6-8,10,12-14H,5,9,11H2,1H3/q+1. The van der Waals surface area contributed by atoms with Crippen LogP contribution in [0.1, 0.15) is 23.3 Å². The van der Waals surface area contributed by atoms with Crippen molar-refractivity contribution in [2.75, 3.05) is 7.11 Å². The summed E-state index contributed by atoms with van der Waals surface area (Å²) < 4.78 is 6.93. The van der Waals surface area contributed by atoms with Crippen molar-refractivity contribution in [1.29, 1.82) is 0 Å². The Hall–Kier alpha value is -1.64. The Balaban J connectivity index is 1.92. The van der Waals surface area contributed by atoms with E-state index in [0.29, 0.717) is 0 Å². The maximum atomic E-state index is 5.43. The van der Waals surface area contributed by atoms with Crippen molar-refractivity contribution in [2.24, 2.45) is 0 Å². The SMILES string of the molecule is COC1C=CC([s+]2c3c(c4ccccc42)C=CCC3)=CC1. The summed E-state index contributed by atoms with van der Waals surface area (Å²) in [6.45, 7) is 0. The van der Waals surface area contributed by atoms with E-state index in [0.717, 1.165) is 6.42 Å². The first-order valence-electron chi connectivity index (χ1n) is 7.53. The van der Waals surface area contributed by atoms with Crippen molar-refractivity contribution in [3.63, 3.8) is 0 Å². The lowest BCUT2D eigenvalue weighted by atomic mass is 10.0. The number of ether oxygens (including phenoxy) is 1. The summed E-state index contributed by atoms with van der Waals surface area (Å²) in [4.78, 5) is 3.10. The molecule has 0 saturated heterocycles. The normalized spacial score (nSPS) is 21.5. The van der Waals surface area contributed by atoms with E-state index in [-0.39, 0.29) is 16.6 Å². The van der Waals surface area contributed by atoms with Crippen LogP contribution in [0.2, 0.25) is 0 Å². The van der Waals surface area contributed by atoms with E-state index in [1.807, 2.05) is 0 Å². The van der Waals surface area contributed by atoms with Gasteiger partial charge in [0.2, 0.25) is 0 Å². The Kier molecular flexibility index (Phi) is 3.28. The summed E-state index contributed by atoms with van der Waals surface area (Å²) in [5.74, 6) is 0. The minimum Gasteiger partial charge on any atom is -0.377 e. The van der Waals surface area contributed by atoms with Gasteiger partial charge in [-0.3, -0.25) is 0 Å². The molecule has 2 aromatic rings. The predicted molar refractivity (Wildman–Crippen MR) is 92.6 cm³/mol. The topological polar surface area (TPSA) is 9.23 Å². The first-order valence-corrected chi connectivity index (χ1v) is 8.75. The van der Waals surface area contributed by atoms with Gasteiger partial charge in [-0.25, -0.2) is 0 Å². The van der Waals surface area contributed by atoms with Crippen molar-refractivity contribution in [3.05, 3.63) is 59.0 Å². The van der Waals surface area contributed by atoms with Crippen LogP contribution in [0.3, 0.4) is 0 Å². The molecule has 0 amide bonds. The molecule has 2 unspecified atom stereocenters. The smallest absolute Gasteiger partial charge is 0.187 e. The summed E-state index contributed by atoms with van der Waals surface area (Å²) >= 11 is 0. The van der Waals surface area contributed by atoms with Gasteiger partial charge in [0.05, 0.1) is 6.10 Å². The second-order valence-corrected chi connectivity index (χ2v) is 7.57. The summed E-state index contributed by atoms with van der Waals surface area (Å²) in [7, 11) is 1.91. The van der Waals surface area contributed by atoms with Gasteiger partial charge in [-0.05, 0) is 30.7 Å². The van der Waals surface area contributed by atoms with E-state index in [1.54, 1.807) is 12.0 Å². The van der Waals surface area contributed by atoms with Crippen LogP contribution >= 0.6 is 10.5 Å². The van der Waals surface area contributed by atoms with Gasteiger partial charge in [-0.15, -0.1) is 0 Å². The molecule has 0 N–H and O–H groups in total. The van der Waals surface area contributed by atoms with Gasteiger partial charge < -0.3 is 4.74 Å². The maximum absolute atomic E-state index is 5.43. The van der Waals surface area contributed by atoms with Gasteiger partial charge >= 0.3 is 0 Å². The Labute approximate surface area is 128 Å². The molecular weight excluding hydrogens is 276 g/mol. The summed E-state index contributed by atoms with van der Waals surface area (Å²) in [6, 6.07) is 8.91. The van der Waals surface area contributed by atoms with E-state index in [4.69, 9.17) is 4.74 Å². The fourth-order valence-electron chi connectivity index (χ4n) is 3.27. The van der Waals surface area contributed by atoms with Crippen molar-refractivity contribution in [2.45, 2.75) is 25.4 Å². The molecule has 21 heavy (non-hydrogen) atoms. The molecule has 2 heteroatoms. The monoisotopic (exact) mass is 295 g/mol. The van der Waals surface area contributed by atoms with E-state index < -0.39 is 0 Å². The molecule has 2 aliphatic rings. The highest BCUT2D eigenvalue weighted by atomic mass is 32.2. The molecule has 0 spiro atoms. The molecule has 1 nitrogen and oxygen atoms in total. The highest BCUT2D eigenvalue weighted by molar-refractivity contribution is 7.49. The number of rotatable bonds is 2. The Morgan fingerprint density at radius 3 is 2.90 bits per heavy atom. The molecule has 1 aromatic carbocycles. The largest absolute Gasteiger partial charge is 0.377 e. The summed E-state index contributed by atoms with van der Waals surface area (Å²) in [5, 5.41) is 1.44. The lowest BCUT2D eigenvalue weighted by molar-refractivity contribution is 0.143. The molecule has 2 aliphatic carbocycles. The zero-order valence-corrected chi connectivity index (χ0v) is 13.0. The van der Waals surface area contributed by atoms with Crippen LogP contribution in [-0.2, 0) is 11.2 Å². The zero-order chi connectivity index (χ0) is 14.2. The summed E-state index contributed by atoms with van der Waals surface area (Å²) in [6.07, 6.45) is 15.1. The van der Waals surface area contributed by atoms with Gasteiger partial charge in [0.1, 0.15) is 0 Å². The van der Waals surface area contributed by atoms with Crippen molar-refractivity contribution < 1.29 is 4.74 Å². The Bertz CT molecular complexity index is 776. The van der Waals surface area contributed by atoms with E-state index in [9.17, 15) is 0 Å². The second-order valence-electron chi connectivity index (χ2n) is 5.56. The van der Waals surface area contributed by atoms with E-state index in [2.05, 4.69) is 54.6 Å². The first kappa shape index (κ1) is 13.1. The van der Waals surface area contributed by atoms with E-state index >= 15 is 0 Å². The number of benzene rings is 1. The molecule has 0 aliphatic heterocycles. The van der Waals surface area contributed by atoms with Crippen LogP contribution in [0.25, 0.3) is 21.1 Å². The minimum absolute atomic E-state index is 0.125. The van der Waals surface area contributed by atoms with Crippen LogP contribution in [0.4, 0.5) is 0 Å². The van der Waals surface area contributed by atoms with Crippen LogP contribution in [-0.4, -0.2) is 13.2 Å². The number of allylic oxidation sites excluding steroid dienone is 3. The molecule has 0 radical (unpaired) electrons. The molecule has 106 valence electrons. The van der Waals surface area contributed by atoms with Crippen molar-refractivity contribution in [1.82, 2.24) is 0 Å². The molecule has 2 atom stereocenters. The minimum atomic E-state index is 0.125. The lowest BCUT2D eigenvalue weighted by Gasteiger charge is -2.11. The molecule has 1 heterocycles. The molecule has 1 aromatic heterocycles. The van der Waals surface area contributed by atoms with Crippen LogP contribution in [0.5, 0.6) is 0 Å². The quantitative estimate of drug-likeness (QED) is 0.677. The van der Waals surface area contributed by atoms with E-state index in [1.165, 1.54) is 33.4 Å². The number of hydrogen-bond donors (Lipinski definition) is 0. The molecular formula is C19H19OS+. The Morgan fingerprint density at radius 2 is 2.10 bits per heavy atom. The highest BCUT2D eigenvalue weighted by Gasteiger charge is 2.30. The Morgan fingerprint density at radius 1 is 1.19 bits per heavy atom. The number of methoxy groups -OCH3 is 1. The number of thiophene rings is 1. The highest BCUT2D eigenvalue weighted by Crippen LogP contribution is 2.50. The van der Waals surface area contributed by atoms with Crippen molar-refractivity contribution >= 4 is 31.5 Å². The zero-order valence-electron chi connectivity index (χ0n) is 12.2. The van der Waals surface area contributed by atoms with Gasteiger partial charge in [0, 0.05) is 41.4 Å².